The molecule has 0 spiro atoms. The number of aryl methyl sites for hydroxylation is 1. The van der Waals surface area contributed by atoms with Gasteiger partial charge in [-0.25, -0.2) is 4.79 Å². The molecule has 0 unspecified atom stereocenters. The van der Waals surface area contributed by atoms with Crippen LogP contribution in [0.4, 0.5) is 0 Å². The number of hydrogen-bond acceptors (Lipinski definition) is 3. The number of hydrogen-bond donors (Lipinski definition) is 0. The Hall–Kier alpha value is -1.87. The first-order chi connectivity index (χ1) is 12.2. The van der Waals surface area contributed by atoms with Crippen LogP contribution in [0.3, 0.4) is 0 Å². The lowest BCUT2D eigenvalue weighted by Gasteiger charge is -2.03. The standard InChI is InChI=1S/C22H28O2S/c1-3-5-7-9-10-20-16-17-21(25-20)18-12-14-19(15-13-18)24-22(23)11-8-6-4-2/h8,11-17H,3-7,9-10H2,1-2H3/b11-8+. The van der Waals surface area contributed by atoms with Gasteiger partial charge in [-0.2, -0.15) is 0 Å². The van der Waals surface area contributed by atoms with Gasteiger partial charge in [0.1, 0.15) is 5.75 Å². The average molecular weight is 357 g/mol. The molecule has 0 fully saturated rings. The lowest BCUT2D eigenvalue weighted by atomic mass is 10.1. The topological polar surface area (TPSA) is 26.3 Å². The molecule has 0 radical (unpaired) electrons. The molecule has 0 amide bonds. The van der Waals surface area contributed by atoms with Gasteiger partial charge in [-0.05, 0) is 61.2 Å². The van der Waals surface area contributed by atoms with Crippen molar-refractivity contribution in [2.45, 2.75) is 58.8 Å². The Bertz CT molecular complexity index is 668. The van der Waals surface area contributed by atoms with Gasteiger partial charge >= 0.3 is 5.97 Å². The van der Waals surface area contributed by atoms with Crippen LogP contribution in [-0.2, 0) is 11.2 Å². The summed E-state index contributed by atoms with van der Waals surface area (Å²) in [5, 5.41) is 0. The van der Waals surface area contributed by atoms with Crippen LogP contribution < -0.4 is 4.74 Å². The van der Waals surface area contributed by atoms with Crippen molar-refractivity contribution in [3.63, 3.8) is 0 Å². The Morgan fingerprint density at radius 2 is 1.80 bits per heavy atom. The SMILES string of the molecule is CCC/C=C/C(=O)Oc1ccc(-c2ccc(CCCCCC)s2)cc1. The van der Waals surface area contributed by atoms with Crippen molar-refractivity contribution in [2.75, 3.05) is 0 Å². The van der Waals surface area contributed by atoms with Gasteiger partial charge in [0, 0.05) is 15.8 Å². The number of benzene rings is 1. The van der Waals surface area contributed by atoms with Gasteiger partial charge in [0.15, 0.2) is 0 Å². The largest absolute Gasteiger partial charge is 0.423 e. The molecule has 0 aliphatic carbocycles. The minimum atomic E-state index is -0.313. The zero-order chi connectivity index (χ0) is 17.9. The third-order valence-electron chi connectivity index (χ3n) is 4.00. The van der Waals surface area contributed by atoms with Crippen molar-refractivity contribution < 1.29 is 9.53 Å². The summed E-state index contributed by atoms with van der Waals surface area (Å²) in [5.41, 5.74) is 1.17. The number of rotatable bonds is 10. The summed E-state index contributed by atoms with van der Waals surface area (Å²) in [6, 6.07) is 12.2. The van der Waals surface area contributed by atoms with Crippen LogP contribution in [0.1, 0.15) is 57.2 Å². The molecule has 2 nitrogen and oxygen atoms in total. The van der Waals surface area contributed by atoms with E-state index in [1.165, 1.54) is 53.5 Å². The minimum absolute atomic E-state index is 0.313. The van der Waals surface area contributed by atoms with Gasteiger partial charge in [0.25, 0.3) is 0 Å². The van der Waals surface area contributed by atoms with E-state index in [2.05, 4.69) is 26.0 Å². The third-order valence-corrected chi connectivity index (χ3v) is 5.20. The quantitative estimate of drug-likeness (QED) is 0.202. The lowest BCUT2D eigenvalue weighted by Crippen LogP contribution is -2.03. The van der Waals surface area contributed by atoms with Crippen molar-refractivity contribution in [3.8, 4) is 16.2 Å². The van der Waals surface area contributed by atoms with Crippen LogP contribution in [0.5, 0.6) is 5.75 Å². The Kier molecular flexibility index (Phi) is 8.47. The molecule has 3 heteroatoms. The second kappa shape index (κ2) is 10.9. The van der Waals surface area contributed by atoms with E-state index < -0.39 is 0 Å². The highest BCUT2D eigenvalue weighted by molar-refractivity contribution is 7.15. The predicted molar refractivity (Wildman–Crippen MR) is 107 cm³/mol. The van der Waals surface area contributed by atoms with Gasteiger partial charge in [0.05, 0.1) is 0 Å². The van der Waals surface area contributed by atoms with Gasteiger partial charge in [-0.15, -0.1) is 11.3 Å². The van der Waals surface area contributed by atoms with Gasteiger partial charge in [-0.1, -0.05) is 45.6 Å². The molecule has 0 saturated heterocycles. The first-order valence-corrected chi connectivity index (χ1v) is 10.1. The van der Waals surface area contributed by atoms with Crippen LogP contribution in [0, 0.1) is 0 Å². The van der Waals surface area contributed by atoms with Gasteiger partial charge in [-0.3, -0.25) is 0 Å². The number of allylic oxidation sites excluding steroid dienone is 1. The number of thiophene rings is 1. The fraction of sp³-hybridized carbons (Fsp3) is 0.409. The lowest BCUT2D eigenvalue weighted by molar-refractivity contribution is -0.129. The van der Waals surface area contributed by atoms with E-state index in [9.17, 15) is 4.79 Å². The van der Waals surface area contributed by atoms with Gasteiger partial charge in [0.2, 0.25) is 0 Å². The monoisotopic (exact) mass is 356 g/mol. The van der Waals surface area contributed by atoms with Gasteiger partial charge < -0.3 is 4.74 Å². The summed E-state index contributed by atoms with van der Waals surface area (Å²) < 4.78 is 5.31. The smallest absolute Gasteiger partial charge is 0.335 e. The molecule has 1 aromatic carbocycles. The molecule has 0 bridgehead atoms. The molecule has 0 atom stereocenters. The fourth-order valence-electron chi connectivity index (χ4n) is 2.58. The zero-order valence-corrected chi connectivity index (χ0v) is 16.1. The number of ether oxygens (including phenoxy) is 1. The molecule has 0 saturated carbocycles. The summed E-state index contributed by atoms with van der Waals surface area (Å²) in [7, 11) is 0. The van der Waals surface area contributed by atoms with Crippen LogP contribution in [0.15, 0.2) is 48.6 Å². The van der Waals surface area contributed by atoms with E-state index in [0.29, 0.717) is 5.75 Å². The number of unbranched alkanes of at least 4 members (excludes halogenated alkanes) is 4. The fourth-order valence-corrected chi connectivity index (χ4v) is 3.63. The molecule has 0 N–H and O–H groups in total. The predicted octanol–water partition coefficient (Wildman–Crippen LogP) is 6.80. The van der Waals surface area contributed by atoms with Crippen LogP contribution in [0.25, 0.3) is 10.4 Å². The highest BCUT2D eigenvalue weighted by Crippen LogP contribution is 2.30. The molecule has 25 heavy (non-hydrogen) atoms. The van der Waals surface area contributed by atoms with E-state index in [1.54, 1.807) is 0 Å². The average Bonchev–Trinajstić information content (AvgIpc) is 3.08. The second-order valence-corrected chi connectivity index (χ2v) is 7.38. The van der Waals surface area contributed by atoms with Crippen molar-refractivity contribution >= 4 is 17.3 Å². The summed E-state index contributed by atoms with van der Waals surface area (Å²) in [4.78, 5) is 14.4. The molecule has 2 aromatic rings. The summed E-state index contributed by atoms with van der Waals surface area (Å²) >= 11 is 1.86. The number of esters is 1. The summed E-state index contributed by atoms with van der Waals surface area (Å²) in [6.07, 6.45) is 11.6. The van der Waals surface area contributed by atoms with E-state index in [4.69, 9.17) is 4.74 Å². The van der Waals surface area contributed by atoms with Crippen LogP contribution in [0.2, 0.25) is 0 Å². The normalized spacial score (nSPS) is 11.1. The first-order valence-electron chi connectivity index (χ1n) is 9.30. The van der Waals surface area contributed by atoms with Crippen LogP contribution >= 0.6 is 11.3 Å². The minimum Gasteiger partial charge on any atom is -0.423 e. The molecule has 0 aliphatic rings. The second-order valence-electron chi connectivity index (χ2n) is 6.21. The van der Waals surface area contributed by atoms with E-state index in [-0.39, 0.29) is 5.97 Å². The maximum absolute atomic E-state index is 11.7. The Morgan fingerprint density at radius 3 is 2.52 bits per heavy atom. The van der Waals surface area contributed by atoms with E-state index in [0.717, 1.165) is 12.8 Å². The van der Waals surface area contributed by atoms with E-state index >= 15 is 0 Å². The molecule has 1 heterocycles. The summed E-state index contributed by atoms with van der Waals surface area (Å²) in [5.74, 6) is 0.276. The number of carbonyl (C=O) groups is 1. The molecule has 2 rings (SSSR count). The molecular formula is C22H28O2S. The molecular weight excluding hydrogens is 328 g/mol. The Balaban J connectivity index is 1.89. The zero-order valence-electron chi connectivity index (χ0n) is 15.3. The summed E-state index contributed by atoms with van der Waals surface area (Å²) in [6.45, 7) is 4.32. The Labute approximate surface area is 155 Å². The molecule has 0 aliphatic heterocycles. The third kappa shape index (κ3) is 6.87. The highest BCUT2D eigenvalue weighted by atomic mass is 32.1. The number of carbonyl (C=O) groups excluding carboxylic acids is 1. The molecule has 1 aromatic heterocycles. The molecule has 134 valence electrons. The highest BCUT2D eigenvalue weighted by Gasteiger charge is 2.05. The van der Waals surface area contributed by atoms with E-state index in [1.807, 2.05) is 41.7 Å². The van der Waals surface area contributed by atoms with Crippen LogP contribution in [-0.4, -0.2) is 5.97 Å². The maximum atomic E-state index is 11.7. The first kappa shape index (κ1) is 19.5. The van der Waals surface area contributed by atoms with Crippen molar-refractivity contribution in [1.29, 1.82) is 0 Å². The van der Waals surface area contributed by atoms with Crippen molar-refractivity contribution in [2.24, 2.45) is 0 Å². The maximum Gasteiger partial charge on any atom is 0.335 e. The Morgan fingerprint density at radius 1 is 1.00 bits per heavy atom. The van der Waals surface area contributed by atoms with Crippen molar-refractivity contribution in [3.05, 3.63) is 53.4 Å². The van der Waals surface area contributed by atoms with Crippen molar-refractivity contribution in [1.82, 2.24) is 0 Å².